The fraction of sp³-hybridized carbons (Fsp3) is 0.304. The fourth-order valence-electron chi connectivity index (χ4n) is 3.40. The molecule has 1 fully saturated rings. The van der Waals surface area contributed by atoms with Crippen molar-refractivity contribution in [2.24, 2.45) is 0 Å². The molecule has 156 valence electrons. The predicted molar refractivity (Wildman–Crippen MR) is 118 cm³/mol. The second kappa shape index (κ2) is 9.59. The minimum Gasteiger partial charge on any atom is -0.335 e. The van der Waals surface area contributed by atoms with Gasteiger partial charge in [0, 0.05) is 25.7 Å². The summed E-state index contributed by atoms with van der Waals surface area (Å²) in [6.45, 7) is 3.65. The molecule has 1 aliphatic heterocycles. The monoisotopic (exact) mass is 423 g/mol. The number of sulfonamides is 1. The van der Waals surface area contributed by atoms with Gasteiger partial charge in [-0.2, -0.15) is 5.26 Å². The van der Waals surface area contributed by atoms with Gasteiger partial charge in [0.2, 0.25) is 15.9 Å². The van der Waals surface area contributed by atoms with Crippen LogP contribution in [0.25, 0.3) is 6.08 Å². The summed E-state index contributed by atoms with van der Waals surface area (Å²) in [4.78, 5) is 14.5. The van der Waals surface area contributed by atoms with Crippen LogP contribution in [0.4, 0.5) is 5.69 Å². The molecule has 0 atom stereocenters. The first-order valence-electron chi connectivity index (χ1n) is 9.99. The molecule has 6 nitrogen and oxygen atoms in total. The molecule has 0 N–H and O–H groups in total. The maximum atomic E-state index is 12.7. The van der Waals surface area contributed by atoms with E-state index >= 15 is 0 Å². The smallest absolute Gasteiger partial charge is 0.246 e. The topological polar surface area (TPSA) is 81.5 Å². The zero-order chi connectivity index (χ0) is 21.6. The van der Waals surface area contributed by atoms with Crippen molar-refractivity contribution < 1.29 is 13.2 Å². The van der Waals surface area contributed by atoms with E-state index in [0.29, 0.717) is 37.3 Å². The Labute approximate surface area is 178 Å². The second-order valence-corrected chi connectivity index (χ2v) is 9.25. The first-order valence-corrected chi connectivity index (χ1v) is 11.6. The lowest BCUT2D eigenvalue weighted by Gasteiger charge is -2.20. The van der Waals surface area contributed by atoms with E-state index in [2.05, 4.69) is 6.07 Å². The summed E-state index contributed by atoms with van der Waals surface area (Å²) in [5, 5.41) is 8.91. The maximum absolute atomic E-state index is 12.7. The van der Waals surface area contributed by atoms with Crippen molar-refractivity contribution >= 4 is 27.7 Å². The summed E-state index contributed by atoms with van der Waals surface area (Å²) in [6, 6.07) is 16.5. The van der Waals surface area contributed by atoms with Crippen LogP contribution in [0.5, 0.6) is 0 Å². The Kier molecular flexibility index (Phi) is 6.91. The Balaban J connectivity index is 1.66. The highest BCUT2D eigenvalue weighted by Gasteiger charge is 2.28. The zero-order valence-corrected chi connectivity index (χ0v) is 17.8. The molecule has 0 aliphatic carbocycles. The minimum atomic E-state index is -3.19. The molecular weight excluding hydrogens is 398 g/mol. The number of benzene rings is 2. The number of amides is 1. The summed E-state index contributed by atoms with van der Waals surface area (Å²) in [7, 11) is -3.19. The summed E-state index contributed by atoms with van der Waals surface area (Å²) in [6.07, 6.45) is 4.77. The third kappa shape index (κ3) is 5.28. The number of carbonyl (C=O) groups is 1. The Morgan fingerprint density at radius 1 is 1.17 bits per heavy atom. The number of hydrogen-bond acceptors (Lipinski definition) is 4. The summed E-state index contributed by atoms with van der Waals surface area (Å²) < 4.78 is 25.5. The van der Waals surface area contributed by atoms with Crippen LogP contribution in [0.1, 0.15) is 36.5 Å². The minimum absolute atomic E-state index is 0.0904. The van der Waals surface area contributed by atoms with Gasteiger partial charge in [0.1, 0.15) is 0 Å². The molecule has 0 bridgehead atoms. The Morgan fingerprint density at radius 3 is 2.43 bits per heavy atom. The lowest BCUT2D eigenvalue weighted by molar-refractivity contribution is -0.126. The summed E-state index contributed by atoms with van der Waals surface area (Å²) in [5.41, 5.74) is 3.06. The molecule has 1 saturated heterocycles. The Morgan fingerprint density at radius 2 is 1.87 bits per heavy atom. The molecule has 0 saturated carbocycles. The standard InChI is InChI=1S/C23H25N3O3S/c1-2-14-25(18-21-6-4-20(17-24)5-7-21)23(27)13-10-19-8-11-22(12-9-19)26-15-3-16-30(26,28)29/h4-13H,2-3,14-16,18H2,1H3/b13-10+. The van der Waals surface area contributed by atoms with Crippen LogP contribution in [0.3, 0.4) is 0 Å². The van der Waals surface area contributed by atoms with E-state index in [9.17, 15) is 13.2 Å². The first kappa shape index (κ1) is 21.6. The average molecular weight is 424 g/mol. The van der Waals surface area contributed by atoms with Gasteiger partial charge in [0.15, 0.2) is 0 Å². The molecule has 2 aromatic rings. The molecule has 1 amide bonds. The van der Waals surface area contributed by atoms with Crippen LogP contribution >= 0.6 is 0 Å². The number of hydrogen-bond donors (Lipinski definition) is 0. The van der Waals surface area contributed by atoms with Crippen molar-refractivity contribution in [1.82, 2.24) is 4.90 Å². The number of anilines is 1. The molecular formula is C23H25N3O3S. The molecule has 30 heavy (non-hydrogen) atoms. The van der Waals surface area contributed by atoms with Gasteiger partial charge in [-0.25, -0.2) is 8.42 Å². The van der Waals surface area contributed by atoms with Crippen LogP contribution in [0, 0.1) is 11.3 Å². The highest BCUT2D eigenvalue weighted by Crippen LogP contribution is 2.24. The third-order valence-corrected chi connectivity index (χ3v) is 6.83. The van der Waals surface area contributed by atoms with Crippen LogP contribution in [-0.4, -0.2) is 38.1 Å². The SMILES string of the molecule is CCCN(Cc1ccc(C#N)cc1)C(=O)/C=C/c1ccc(N2CCCS2(=O)=O)cc1. The number of carbonyl (C=O) groups excluding carboxylic acids is 1. The fourth-order valence-corrected chi connectivity index (χ4v) is 4.96. The number of nitrogens with zero attached hydrogens (tertiary/aromatic N) is 3. The van der Waals surface area contributed by atoms with Gasteiger partial charge in [-0.15, -0.1) is 0 Å². The lowest BCUT2D eigenvalue weighted by Crippen LogP contribution is -2.29. The van der Waals surface area contributed by atoms with Crippen molar-refractivity contribution in [3.63, 3.8) is 0 Å². The van der Waals surface area contributed by atoms with Crippen LogP contribution in [0.15, 0.2) is 54.6 Å². The van der Waals surface area contributed by atoms with E-state index in [0.717, 1.165) is 17.5 Å². The van der Waals surface area contributed by atoms with Crippen LogP contribution in [-0.2, 0) is 21.4 Å². The van der Waals surface area contributed by atoms with E-state index in [1.54, 1.807) is 41.3 Å². The second-order valence-electron chi connectivity index (χ2n) is 7.24. The van der Waals surface area contributed by atoms with Crippen molar-refractivity contribution in [2.75, 3.05) is 23.1 Å². The van der Waals surface area contributed by atoms with Gasteiger partial charge in [0.05, 0.1) is 23.1 Å². The van der Waals surface area contributed by atoms with Crippen LogP contribution < -0.4 is 4.31 Å². The largest absolute Gasteiger partial charge is 0.335 e. The highest BCUT2D eigenvalue weighted by atomic mass is 32.2. The van der Waals surface area contributed by atoms with Crippen molar-refractivity contribution in [3.05, 3.63) is 71.3 Å². The average Bonchev–Trinajstić information content (AvgIpc) is 3.11. The first-order chi connectivity index (χ1) is 14.4. The van der Waals surface area contributed by atoms with Gasteiger partial charge in [-0.1, -0.05) is 31.2 Å². The molecule has 1 heterocycles. The van der Waals surface area contributed by atoms with Crippen molar-refractivity contribution in [2.45, 2.75) is 26.3 Å². The molecule has 0 aromatic heterocycles. The summed E-state index contributed by atoms with van der Waals surface area (Å²) in [5.74, 6) is 0.0998. The number of rotatable bonds is 7. The van der Waals surface area contributed by atoms with Crippen molar-refractivity contribution in [1.29, 1.82) is 5.26 Å². The van der Waals surface area contributed by atoms with Gasteiger partial charge in [-0.05, 0) is 54.3 Å². The van der Waals surface area contributed by atoms with E-state index in [1.165, 1.54) is 4.31 Å². The van der Waals surface area contributed by atoms with E-state index in [1.807, 2.05) is 31.2 Å². The lowest BCUT2D eigenvalue weighted by atomic mass is 10.1. The molecule has 0 unspecified atom stereocenters. The Bertz CT molecular complexity index is 1050. The molecule has 1 aliphatic rings. The highest BCUT2D eigenvalue weighted by molar-refractivity contribution is 7.93. The normalized spacial score (nSPS) is 15.3. The van der Waals surface area contributed by atoms with E-state index in [-0.39, 0.29) is 11.7 Å². The van der Waals surface area contributed by atoms with Gasteiger partial charge in [0.25, 0.3) is 0 Å². The van der Waals surface area contributed by atoms with Crippen LogP contribution in [0.2, 0.25) is 0 Å². The Hall–Kier alpha value is -3.11. The van der Waals surface area contributed by atoms with E-state index in [4.69, 9.17) is 5.26 Å². The zero-order valence-electron chi connectivity index (χ0n) is 17.0. The molecule has 7 heteroatoms. The maximum Gasteiger partial charge on any atom is 0.246 e. The molecule has 0 spiro atoms. The molecule has 3 rings (SSSR count). The predicted octanol–water partition coefficient (Wildman–Crippen LogP) is 3.55. The molecule has 2 aromatic carbocycles. The number of nitriles is 1. The van der Waals surface area contributed by atoms with Crippen molar-refractivity contribution in [3.8, 4) is 6.07 Å². The quantitative estimate of drug-likeness (QED) is 0.638. The van der Waals surface area contributed by atoms with E-state index < -0.39 is 10.0 Å². The third-order valence-electron chi connectivity index (χ3n) is 4.96. The summed E-state index contributed by atoms with van der Waals surface area (Å²) >= 11 is 0. The van der Waals surface area contributed by atoms with Gasteiger partial charge in [-0.3, -0.25) is 9.10 Å². The molecule has 0 radical (unpaired) electrons. The van der Waals surface area contributed by atoms with Gasteiger partial charge >= 0.3 is 0 Å². The van der Waals surface area contributed by atoms with Gasteiger partial charge < -0.3 is 4.90 Å².